The summed E-state index contributed by atoms with van der Waals surface area (Å²) in [5, 5.41) is 7.65. The van der Waals surface area contributed by atoms with Crippen molar-refractivity contribution in [3.05, 3.63) is 0 Å². The lowest BCUT2D eigenvalue weighted by Gasteiger charge is -2.38. The molecule has 0 amide bonds. The third kappa shape index (κ3) is 3.26. The molecule has 20 heavy (non-hydrogen) atoms. The van der Waals surface area contributed by atoms with E-state index >= 15 is 0 Å². The van der Waals surface area contributed by atoms with Crippen molar-refractivity contribution in [1.29, 1.82) is 0 Å². The van der Waals surface area contributed by atoms with Gasteiger partial charge in [0.25, 0.3) is 0 Å². The molecule has 2 saturated heterocycles. The molecule has 0 spiro atoms. The zero-order valence-corrected chi connectivity index (χ0v) is 12.6. The smallest absolute Gasteiger partial charge is 0.233 e. The normalized spacial score (nSPS) is 35.9. The molecular weight excluding hydrogens is 254 g/mol. The summed E-state index contributed by atoms with van der Waals surface area (Å²) >= 11 is 0. The fourth-order valence-corrected chi connectivity index (χ4v) is 3.40. The SMILES string of the molecule is CC1(C2=NOCC(CN3CCCCC3)O2)CCCNC1. The second-order valence-electron chi connectivity index (χ2n) is 6.63. The number of rotatable bonds is 3. The van der Waals surface area contributed by atoms with Gasteiger partial charge in [-0.3, -0.25) is 4.90 Å². The molecule has 2 unspecified atom stereocenters. The van der Waals surface area contributed by atoms with Gasteiger partial charge in [-0.05, 0) is 52.2 Å². The fraction of sp³-hybridized carbons (Fsp3) is 0.933. The molecule has 3 aliphatic heterocycles. The first kappa shape index (κ1) is 14.1. The molecule has 1 N–H and O–H groups in total. The summed E-state index contributed by atoms with van der Waals surface area (Å²) in [5.74, 6) is 0.804. The number of nitrogens with one attached hydrogen (secondary N) is 1. The Labute approximate surface area is 121 Å². The van der Waals surface area contributed by atoms with Crippen molar-refractivity contribution in [2.24, 2.45) is 10.6 Å². The van der Waals surface area contributed by atoms with Crippen molar-refractivity contribution in [3.8, 4) is 0 Å². The Morgan fingerprint density at radius 2 is 2.15 bits per heavy atom. The lowest BCUT2D eigenvalue weighted by atomic mass is 9.82. The third-order valence-corrected chi connectivity index (χ3v) is 4.71. The molecule has 0 aromatic heterocycles. The summed E-state index contributed by atoms with van der Waals surface area (Å²) in [6.45, 7) is 8.22. The number of nitrogens with zero attached hydrogens (tertiary/aromatic N) is 2. The van der Waals surface area contributed by atoms with Gasteiger partial charge >= 0.3 is 0 Å². The molecule has 5 nitrogen and oxygen atoms in total. The van der Waals surface area contributed by atoms with E-state index in [1.807, 2.05) is 0 Å². The van der Waals surface area contributed by atoms with E-state index in [1.165, 1.54) is 38.8 Å². The van der Waals surface area contributed by atoms with Crippen LogP contribution >= 0.6 is 0 Å². The molecule has 0 aliphatic carbocycles. The fourth-order valence-electron chi connectivity index (χ4n) is 3.40. The molecule has 0 bridgehead atoms. The van der Waals surface area contributed by atoms with Crippen molar-refractivity contribution < 1.29 is 9.57 Å². The third-order valence-electron chi connectivity index (χ3n) is 4.71. The Balaban J connectivity index is 1.56. The maximum atomic E-state index is 6.17. The Morgan fingerprint density at radius 3 is 2.90 bits per heavy atom. The highest BCUT2D eigenvalue weighted by atomic mass is 16.7. The first-order valence-corrected chi connectivity index (χ1v) is 8.06. The van der Waals surface area contributed by atoms with Crippen LogP contribution in [0.15, 0.2) is 5.16 Å². The Hall–Kier alpha value is -0.810. The molecule has 0 radical (unpaired) electrons. The molecule has 5 heteroatoms. The number of ether oxygens (including phenoxy) is 1. The van der Waals surface area contributed by atoms with Crippen LogP contribution in [-0.2, 0) is 9.57 Å². The van der Waals surface area contributed by atoms with Crippen molar-refractivity contribution >= 4 is 5.90 Å². The Bertz CT molecular complexity index is 347. The number of hydrogen-bond acceptors (Lipinski definition) is 5. The van der Waals surface area contributed by atoms with E-state index in [1.54, 1.807) is 0 Å². The van der Waals surface area contributed by atoms with Crippen molar-refractivity contribution in [1.82, 2.24) is 10.2 Å². The summed E-state index contributed by atoms with van der Waals surface area (Å²) in [4.78, 5) is 7.97. The van der Waals surface area contributed by atoms with Gasteiger partial charge in [0, 0.05) is 13.1 Å². The molecule has 3 aliphatic rings. The summed E-state index contributed by atoms with van der Waals surface area (Å²) in [5.41, 5.74) is -0.00117. The van der Waals surface area contributed by atoms with Gasteiger partial charge < -0.3 is 14.9 Å². The predicted octanol–water partition coefficient (Wildman–Crippen LogP) is 1.59. The number of piperidine rings is 2. The van der Waals surface area contributed by atoms with Crippen LogP contribution in [0.2, 0.25) is 0 Å². The first-order chi connectivity index (χ1) is 9.76. The predicted molar refractivity (Wildman–Crippen MR) is 78.8 cm³/mol. The zero-order valence-electron chi connectivity index (χ0n) is 12.6. The van der Waals surface area contributed by atoms with Crippen LogP contribution < -0.4 is 5.32 Å². The molecule has 3 heterocycles. The van der Waals surface area contributed by atoms with Crippen LogP contribution in [0.25, 0.3) is 0 Å². The maximum Gasteiger partial charge on any atom is 0.233 e. The summed E-state index contributed by atoms with van der Waals surface area (Å²) in [6, 6.07) is 0. The standard InChI is InChI=1S/C15H27N3O2/c1-15(6-5-7-16-12-15)14-17-19-11-13(20-14)10-18-8-3-2-4-9-18/h13,16H,2-12H2,1H3. The minimum atomic E-state index is -0.00117. The highest BCUT2D eigenvalue weighted by Crippen LogP contribution is 2.30. The average molecular weight is 281 g/mol. The van der Waals surface area contributed by atoms with Gasteiger partial charge in [0.1, 0.15) is 6.10 Å². The second kappa shape index (κ2) is 6.31. The Morgan fingerprint density at radius 1 is 1.30 bits per heavy atom. The molecule has 2 fully saturated rings. The van der Waals surface area contributed by atoms with Gasteiger partial charge in [-0.25, -0.2) is 0 Å². The van der Waals surface area contributed by atoms with E-state index in [0.717, 1.165) is 32.0 Å². The number of hydrogen-bond donors (Lipinski definition) is 1. The van der Waals surface area contributed by atoms with Crippen LogP contribution in [0, 0.1) is 5.41 Å². The maximum absolute atomic E-state index is 6.17. The molecule has 0 saturated carbocycles. The van der Waals surface area contributed by atoms with Gasteiger partial charge in [0.2, 0.25) is 5.90 Å². The van der Waals surface area contributed by atoms with Crippen molar-refractivity contribution in [2.45, 2.75) is 45.1 Å². The van der Waals surface area contributed by atoms with E-state index in [4.69, 9.17) is 9.57 Å². The molecule has 2 atom stereocenters. The quantitative estimate of drug-likeness (QED) is 0.853. The lowest BCUT2D eigenvalue weighted by Crippen LogP contribution is -2.49. The van der Waals surface area contributed by atoms with Crippen molar-refractivity contribution in [3.63, 3.8) is 0 Å². The van der Waals surface area contributed by atoms with Crippen LogP contribution in [0.3, 0.4) is 0 Å². The molecule has 0 aromatic rings. The minimum Gasteiger partial charge on any atom is -0.470 e. The topological polar surface area (TPSA) is 46.1 Å². The van der Waals surface area contributed by atoms with Gasteiger partial charge in [-0.15, -0.1) is 0 Å². The van der Waals surface area contributed by atoms with Gasteiger partial charge in [-0.2, -0.15) is 0 Å². The van der Waals surface area contributed by atoms with Crippen LogP contribution in [-0.4, -0.2) is 56.2 Å². The van der Waals surface area contributed by atoms with E-state index in [-0.39, 0.29) is 11.5 Å². The van der Waals surface area contributed by atoms with Crippen LogP contribution in [0.4, 0.5) is 0 Å². The molecule has 114 valence electrons. The van der Waals surface area contributed by atoms with Gasteiger partial charge in [0.15, 0.2) is 6.61 Å². The first-order valence-electron chi connectivity index (χ1n) is 8.06. The molecular formula is C15H27N3O2. The number of likely N-dealkylation sites (tertiary alicyclic amines) is 1. The highest BCUT2D eigenvalue weighted by molar-refractivity contribution is 5.82. The summed E-state index contributed by atoms with van der Waals surface area (Å²) in [6.07, 6.45) is 6.44. The van der Waals surface area contributed by atoms with E-state index < -0.39 is 0 Å². The monoisotopic (exact) mass is 281 g/mol. The summed E-state index contributed by atoms with van der Waals surface area (Å²) in [7, 11) is 0. The molecule has 3 rings (SSSR count). The van der Waals surface area contributed by atoms with Crippen LogP contribution in [0.1, 0.15) is 39.0 Å². The van der Waals surface area contributed by atoms with E-state index in [9.17, 15) is 0 Å². The molecule has 0 aromatic carbocycles. The minimum absolute atomic E-state index is 0.00117. The van der Waals surface area contributed by atoms with Crippen molar-refractivity contribution in [2.75, 3.05) is 39.3 Å². The van der Waals surface area contributed by atoms with Gasteiger partial charge in [0.05, 0.1) is 5.41 Å². The van der Waals surface area contributed by atoms with E-state index in [0.29, 0.717) is 6.61 Å². The van der Waals surface area contributed by atoms with Gasteiger partial charge in [-0.1, -0.05) is 11.6 Å². The average Bonchev–Trinajstić information content (AvgIpc) is 2.49. The second-order valence-corrected chi connectivity index (χ2v) is 6.63. The highest BCUT2D eigenvalue weighted by Gasteiger charge is 2.38. The van der Waals surface area contributed by atoms with E-state index in [2.05, 4.69) is 22.3 Å². The Kier molecular flexibility index (Phi) is 4.46. The van der Waals surface area contributed by atoms with Crippen LogP contribution in [0.5, 0.6) is 0 Å². The summed E-state index contributed by atoms with van der Waals surface area (Å²) < 4.78 is 6.17. The number of oxime groups is 1. The lowest BCUT2D eigenvalue weighted by molar-refractivity contribution is -0.0222. The largest absolute Gasteiger partial charge is 0.470 e. The zero-order chi connectivity index (χ0) is 13.8.